The van der Waals surface area contributed by atoms with Gasteiger partial charge in [-0.2, -0.15) is 0 Å². The van der Waals surface area contributed by atoms with E-state index in [0.29, 0.717) is 5.92 Å². The molecular formula is C15H20F2N2O. The molecule has 0 aromatic heterocycles. The Morgan fingerprint density at radius 1 is 1.40 bits per heavy atom. The summed E-state index contributed by atoms with van der Waals surface area (Å²) in [4.78, 5) is 14.3. The smallest absolute Gasteiger partial charge is 0.241 e. The largest absolute Gasteiger partial charge is 0.325 e. The van der Waals surface area contributed by atoms with Crippen molar-refractivity contribution in [2.45, 2.75) is 32.7 Å². The first kappa shape index (κ1) is 14.9. The van der Waals surface area contributed by atoms with Crippen LogP contribution in [0.4, 0.5) is 14.5 Å². The van der Waals surface area contributed by atoms with Gasteiger partial charge in [-0.1, -0.05) is 6.92 Å². The van der Waals surface area contributed by atoms with Crippen LogP contribution in [-0.2, 0) is 4.79 Å². The Morgan fingerprint density at radius 2 is 2.15 bits per heavy atom. The van der Waals surface area contributed by atoms with Crippen molar-refractivity contribution in [2.24, 2.45) is 5.92 Å². The van der Waals surface area contributed by atoms with Gasteiger partial charge in [-0.25, -0.2) is 8.78 Å². The van der Waals surface area contributed by atoms with Gasteiger partial charge in [0.25, 0.3) is 0 Å². The van der Waals surface area contributed by atoms with E-state index in [9.17, 15) is 13.6 Å². The van der Waals surface area contributed by atoms with Crippen LogP contribution in [-0.4, -0.2) is 29.9 Å². The summed E-state index contributed by atoms with van der Waals surface area (Å²) in [6, 6.07) is 3.10. The van der Waals surface area contributed by atoms with Crippen molar-refractivity contribution in [2.75, 3.05) is 18.4 Å². The van der Waals surface area contributed by atoms with Crippen LogP contribution in [0.1, 0.15) is 26.7 Å². The molecule has 1 aromatic carbocycles. The highest BCUT2D eigenvalue weighted by atomic mass is 19.2. The summed E-state index contributed by atoms with van der Waals surface area (Å²) in [6.07, 6.45) is 2.28. The minimum atomic E-state index is -0.956. The molecular weight excluding hydrogens is 262 g/mol. The summed E-state index contributed by atoms with van der Waals surface area (Å²) in [5, 5.41) is 2.63. The number of carbonyl (C=O) groups excluding carboxylic acids is 1. The maximum Gasteiger partial charge on any atom is 0.241 e. The minimum absolute atomic E-state index is 0.190. The monoisotopic (exact) mass is 282 g/mol. The maximum atomic E-state index is 13.1. The van der Waals surface area contributed by atoms with Crippen LogP contribution in [0.15, 0.2) is 18.2 Å². The van der Waals surface area contributed by atoms with Gasteiger partial charge in [0.15, 0.2) is 11.6 Å². The van der Waals surface area contributed by atoms with E-state index in [1.54, 1.807) is 0 Å². The third-order valence-corrected chi connectivity index (χ3v) is 3.80. The number of halogens is 2. The number of nitrogens with one attached hydrogen (secondary N) is 1. The molecule has 0 saturated carbocycles. The van der Waals surface area contributed by atoms with E-state index in [-0.39, 0.29) is 17.6 Å². The van der Waals surface area contributed by atoms with E-state index in [4.69, 9.17) is 0 Å². The van der Waals surface area contributed by atoms with Crippen molar-refractivity contribution in [1.82, 2.24) is 4.90 Å². The average Bonchev–Trinajstić information content (AvgIpc) is 2.42. The molecule has 1 amide bonds. The van der Waals surface area contributed by atoms with E-state index in [2.05, 4.69) is 17.1 Å². The van der Waals surface area contributed by atoms with E-state index in [1.165, 1.54) is 12.5 Å². The van der Waals surface area contributed by atoms with Gasteiger partial charge in [0, 0.05) is 18.3 Å². The van der Waals surface area contributed by atoms with Crippen molar-refractivity contribution in [3.8, 4) is 0 Å². The van der Waals surface area contributed by atoms with Crippen LogP contribution in [0.2, 0.25) is 0 Å². The summed E-state index contributed by atoms with van der Waals surface area (Å²) < 4.78 is 25.9. The van der Waals surface area contributed by atoms with Crippen LogP contribution in [0.5, 0.6) is 0 Å². The molecule has 1 N–H and O–H groups in total. The number of piperidine rings is 1. The second-order valence-corrected chi connectivity index (χ2v) is 5.54. The molecule has 2 atom stereocenters. The average molecular weight is 282 g/mol. The highest BCUT2D eigenvalue weighted by Crippen LogP contribution is 2.19. The summed E-state index contributed by atoms with van der Waals surface area (Å²) in [5.41, 5.74) is 0.283. The highest BCUT2D eigenvalue weighted by molar-refractivity contribution is 5.94. The molecule has 0 spiro atoms. The van der Waals surface area contributed by atoms with Gasteiger partial charge in [-0.05, 0) is 44.4 Å². The Kier molecular flexibility index (Phi) is 4.70. The molecule has 3 nitrogen and oxygen atoms in total. The second-order valence-electron chi connectivity index (χ2n) is 5.54. The summed E-state index contributed by atoms with van der Waals surface area (Å²) in [6.45, 7) is 5.81. The van der Waals surface area contributed by atoms with E-state index in [1.807, 2.05) is 6.92 Å². The van der Waals surface area contributed by atoms with Crippen molar-refractivity contribution in [1.29, 1.82) is 0 Å². The number of carbonyl (C=O) groups is 1. The molecule has 1 aromatic rings. The normalized spacial score (nSPS) is 21.5. The highest BCUT2D eigenvalue weighted by Gasteiger charge is 2.25. The molecule has 5 heteroatoms. The lowest BCUT2D eigenvalue weighted by Gasteiger charge is -2.34. The Morgan fingerprint density at radius 3 is 2.80 bits per heavy atom. The predicted octanol–water partition coefficient (Wildman–Crippen LogP) is 3.02. The summed E-state index contributed by atoms with van der Waals surface area (Å²) in [5.74, 6) is -1.48. The third kappa shape index (κ3) is 3.54. The Balaban J connectivity index is 1.98. The van der Waals surface area contributed by atoms with E-state index < -0.39 is 11.6 Å². The summed E-state index contributed by atoms with van der Waals surface area (Å²) >= 11 is 0. The van der Waals surface area contributed by atoms with Gasteiger partial charge in [0.1, 0.15) is 0 Å². The molecule has 1 aliphatic rings. The maximum absolute atomic E-state index is 13.1. The van der Waals surface area contributed by atoms with Gasteiger partial charge in [0.05, 0.1) is 6.04 Å². The topological polar surface area (TPSA) is 32.3 Å². The second kappa shape index (κ2) is 6.31. The first-order valence-corrected chi connectivity index (χ1v) is 6.97. The fourth-order valence-electron chi connectivity index (χ4n) is 2.56. The molecule has 1 heterocycles. The van der Waals surface area contributed by atoms with Crippen molar-refractivity contribution < 1.29 is 13.6 Å². The fraction of sp³-hybridized carbons (Fsp3) is 0.533. The SMILES string of the molecule is CC1CCCN(C(C)C(=O)Nc2ccc(F)c(F)c2)C1. The molecule has 2 rings (SSSR count). The third-order valence-electron chi connectivity index (χ3n) is 3.80. The van der Waals surface area contributed by atoms with E-state index >= 15 is 0 Å². The lowest BCUT2D eigenvalue weighted by Crippen LogP contribution is -2.46. The predicted molar refractivity (Wildman–Crippen MR) is 74.4 cm³/mol. The Hall–Kier alpha value is -1.49. The molecule has 0 aliphatic carbocycles. The number of rotatable bonds is 3. The van der Waals surface area contributed by atoms with Crippen LogP contribution < -0.4 is 5.32 Å². The van der Waals surface area contributed by atoms with Gasteiger partial charge in [-0.3, -0.25) is 9.69 Å². The molecule has 110 valence electrons. The fourth-order valence-corrected chi connectivity index (χ4v) is 2.56. The number of benzene rings is 1. The lowest BCUT2D eigenvalue weighted by atomic mass is 9.99. The number of hydrogen-bond acceptors (Lipinski definition) is 2. The number of nitrogens with zero attached hydrogens (tertiary/aromatic N) is 1. The molecule has 1 saturated heterocycles. The van der Waals surface area contributed by atoms with Crippen LogP contribution in [0.3, 0.4) is 0 Å². The lowest BCUT2D eigenvalue weighted by molar-refractivity contribution is -0.121. The van der Waals surface area contributed by atoms with Crippen molar-refractivity contribution in [3.05, 3.63) is 29.8 Å². The van der Waals surface area contributed by atoms with Gasteiger partial charge in [-0.15, -0.1) is 0 Å². The first-order valence-electron chi connectivity index (χ1n) is 6.97. The number of amides is 1. The zero-order chi connectivity index (χ0) is 14.7. The number of likely N-dealkylation sites (tertiary alicyclic amines) is 1. The Bertz CT molecular complexity index is 493. The number of anilines is 1. The molecule has 1 aliphatic heterocycles. The molecule has 0 radical (unpaired) electrons. The molecule has 0 bridgehead atoms. The molecule has 1 fully saturated rings. The zero-order valence-corrected chi connectivity index (χ0v) is 11.8. The minimum Gasteiger partial charge on any atom is -0.325 e. The quantitative estimate of drug-likeness (QED) is 0.924. The Labute approximate surface area is 118 Å². The molecule has 2 unspecified atom stereocenters. The zero-order valence-electron chi connectivity index (χ0n) is 11.8. The van der Waals surface area contributed by atoms with Crippen molar-refractivity contribution >= 4 is 11.6 Å². The van der Waals surface area contributed by atoms with E-state index in [0.717, 1.165) is 31.6 Å². The van der Waals surface area contributed by atoms with Crippen LogP contribution in [0.25, 0.3) is 0 Å². The summed E-state index contributed by atoms with van der Waals surface area (Å²) in [7, 11) is 0. The van der Waals surface area contributed by atoms with Gasteiger partial charge in [0.2, 0.25) is 5.91 Å². The first-order chi connectivity index (χ1) is 9.47. The standard InChI is InChI=1S/C15H20F2N2O/c1-10-4-3-7-19(9-10)11(2)15(20)18-12-5-6-13(16)14(17)8-12/h5-6,8,10-11H,3-4,7,9H2,1-2H3,(H,18,20). The van der Waals surface area contributed by atoms with Gasteiger partial charge < -0.3 is 5.32 Å². The van der Waals surface area contributed by atoms with Crippen LogP contribution in [0, 0.1) is 17.6 Å². The number of hydrogen-bond donors (Lipinski definition) is 1. The van der Waals surface area contributed by atoms with Gasteiger partial charge >= 0.3 is 0 Å². The van der Waals surface area contributed by atoms with Crippen LogP contribution >= 0.6 is 0 Å². The molecule has 20 heavy (non-hydrogen) atoms. The van der Waals surface area contributed by atoms with Crippen molar-refractivity contribution in [3.63, 3.8) is 0 Å².